The van der Waals surface area contributed by atoms with Gasteiger partial charge in [-0.2, -0.15) is 0 Å². The first-order valence-corrected chi connectivity index (χ1v) is 5.53. The molecule has 5 nitrogen and oxygen atoms in total. The lowest BCUT2D eigenvalue weighted by molar-refractivity contribution is -0.146. The van der Waals surface area contributed by atoms with Gasteiger partial charge < -0.3 is 4.74 Å². The highest BCUT2D eigenvalue weighted by Crippen LogP contribution is 2.05. The van der Waals surface area contributed by atoms with E-state index in [1.807, 2.05) is 4.90 Å². The van der Waals surface area contributed by atoms with Crippen molar-refractivity contribution in [2.75, 3.05) is 26.2 Å². The predicted octanol–water partition coefficient (Wildman–Crippen LogP) is 0.174. The third-order valence-corrected chi connectivity index (χ3v) is 2.46. The van der Waals surface area contributed by atoms with E-state index in [1.165, 1.54) is 0 Å². The summed E-state index contributed by atoms with van der Waals surface area (Å²) in [6.45, 7) is 3.48. The van der Waals surface area contributed by atoms with E-state index in [2.05, 4.69) is 4.74 Å². The van der Waals surface area contributed by atoms with Gasteiger partial charge in [0.2, 0.25) is 0 Å². The summed E-state index contributed by atoms with van der Waals surface area (Å²) in [4.78, 5) is 35.4. The minimum Gasteiger partial charge on any atom is -0.466 e. The molecule has 1 rings (SSSR count). The molecule has 16 heavy (non-hydrogen) atoms. The Morgan fingerprint density at radius 1 is 1.31 bits per heavy atom. The lowest BCUT2D eigenvalue weighted by Gasteiger charge is -2.24. The molecule has 0 unspecified atom stereocenters. The second-order valence-electron chi connectivity index (χ2n) is 3.84. The monoisotopic (exact) mass is 227 g/mol. The molecule has 0 aliphatic carbocycles. The van der Waals surface area contributed by atoms with E-state index in [1.54, 1.807) is 6.92 Å². The molecular weight excluding hydrogens is 210 g/mol. The van der Waals surface area contributed by atoms with Crippen molar-refractivity contribution in [3.63, 3.8) is 0 Å². The van der Waals surface area contributed by atoms with Gasteiger partial charge in [-0.1, -0.05) is 0 Å². The first-order chi connectivity index (χ1) is 7.61. The smallest absolute Gasteiger partial charge is 0.313 e. The zero-order chi connectivity index (χ0) is 12.0. The molecule has 0 spiro atoms. The number of carbonyl (C=O) groups is 3. The fourth-order valence-corrected chi connectivity index (χ4v) is 1.64. The van der Waals surface area contributed by atoms with Crippen LogP contribution in [0.25, 0.3) is 0 Å². The lowest BCUT2D eigenvalue weighted by Crippen LogP contribution is -2.38. The van der Waals surface area contributed by atoms with E-state index in [9.17, 15) is 14.4 Å². The maximum absolute atomic E-state index is 11.5. The Kier molecular flexibility index (Phi) is 5.11. The maximum Gasteiger partial charge on any atom is 0.313 e. The van der Waals surface area contributed by atoms with Gasteiger partial charge in [0.25, 0.3) is 0 Å². The number of nitrogens with zero attached hydrogens (tertiary/aromatic N) is 1. The average Bonchev–Trinajstić information content (AvgIpc) is 2.21. The van der Waals surface area contributed by atoms with Gasteiger partial charge in [0.15, 0.2) is 5.78 Å². The summed E-state index contributed by atoms with van der Waals surface area (Å²) < 4.78 is 4.69. The second-order valence-corrected chi connectivity index (χ2v) is 3.84. The van der Waals surface area contributed by atoms with E-state index in [4.69, 9.17) is 0 Å². The third-order valence-electron chi connectivity index (χ3n) is 2.46. The molecule has 5 heteroatoms. The normalized spacial score (nSPS) is 17.2. The van der Waals surface area contributed by atoms with Crippen LogP contribution in [0.4, 0.5) is 0 Å². The molecule has 0 aromatic carbocycles. The molecule has 1 saturated heterocycles. The summed E-state index contributed by atoms with van der Waals surface area (Å²) in [6.07, 6.45) is 0.845. The summed E-state index contributed by atoms with van der Waals surface area (Å²) in [7, 11) is 0. The van der Waals surface area contributed by atoms with Crippen molar-refractivity contribution >= 4 is 17.5 Å². The van der Waals surface area contributed by atoms with E-state index >= 15 is 0 Å². The first-order valence-electron chi connectivity index (χ1n) is 5.53. The van der Waals surface area contributed by atoms with Crippen LogP contribution in [0.3, 0.4) is 0 Å². The van der Waals surface area contributed by atoms with Gasteiger partial charge in [-0.25, -0.2) is 0 Å². The Hall–Kier alpha value is -1.23. The van der Waals surface area contributed by atoms with Crippen molar-refractivity contribution in [2.24, 2.45) is 0 Å². The van der Waals surface area contributed by atoms with Crippen LogP contribution in [0.2, 0.25) is 0 Å². The number of hydrogen-bond acceptors (Lipinski definition) is 5. The Balaban J connectivity index is 2.23. The van der Waals surface area contributed by atoms with E-state index < -0.39 is 5.97 Å². The number of hydrogen-bond donors (Lipinski definition) is 0. The number of ketones is 2. The van der Waals surface area contributed by atoms with Crippen molar-refractivity contribution in [3.8, 4) is 0 Å². The number of ether oxygens (including phenoxy) is 1. The Labute approximate surface area is 94.7 Å². The van der Waals surface area contributed by atoms with Crippen molar-refractivity contribution < 1.29 is 19.1 Å². The zero-order valence-corrected chi connectivity index (χ0v) is 9.53. The summed E-state index contributed by atoms with van der Waals surface area (Å²) in [5.74, 6) is -0.373. The van der Waals surface area contributed by atoms with Gasteiger partial charge in [-0.15, -0.1) is 0 Å². The minimum absolute atomic E-state index is 0.146. The summed E-state index contributed by atoms with van der Waals surface area (Å²) in [6, 6.07) is 0. The van der Waals surface area contributed by atoms with Crippen molar-refractivity contribution in [1.82, 2.24) is 4.90 Å². The van der Waals surface area contributed by atoms with Crippen molar-refractivity contribution in [1.29, 1.82) is 0 Å². The van der Waals surface area contributed by atoms with Crippen molar-refractivity contribution in [3.05, 3.63) is 0 Å². The number of Topliss-reactive ketones (excluding diaryl/α,β-unsaturated/α-hetero) is 2. The minimum atomic E-state index is -0.472. The molecule has 90 valence electrons. The molecule has 1 aliphatic heterocycles. The molecule has 0 atom stereocenters. The van der Waals surface area contributed by atoms with E-state index in [-0.39, 0.29) is 24.5 Å². The highest BCUT2D eigenvalue weighted by atomic mass is 16.5. The fraction of sp³-hybridized carbons (Fsp3) is 0.727. The Morgan fingerprint density at radius 2 is 1.94 bits per heavy atom. The van der Waals surface area contributed by atoms with Gasteiger partial charge in [0, 0.05) is 25.9 Å². The molecule has 1 aliphatic rings. The van der Waals surface area contributed by atoms with Crippen LogP contribution < -0.4 is 0 Å². The third kappa shape index (κ3) is 4.53. The number of likely N-dealkylation sites (tertiary alicyclic amines) is 1. The zero-order valence-electron chi connectivity index (χ0n) is 9.53. The Morgan fingerprint density at radius 3 is 2.50 bits per heavy atom. The standard InChI is InChI=1S/C11H17NO4/c1-2-16-11(15)7-10(14)8-12-5-3-9(13)4-6-12/h2-8H2,1H3. The van der Waals surface area contributed by atoms with Crippen LogP contribution in [0, 0.1) is 0 Å². The number of carbonyl (C=O) groups excluding carboxylic acids is 3. The molecule has 0 radical (unpaired) electrons. The topological polar surface area (TPSA) is 63.7 Å². The molecule has 0 amide bonds. The average molecular weight is 227 g/mol. The second kappa shape index (κ2) is 6.37. The Bertz CT molecular complexity index is 278. The molecule has 0 saturated carbocycles. The molecule has 1 fully saturated rings. The van der Waals surface area contributed by atoms with Crippen LogP contribution in [0.1, 0.15) is 26.2 Å². The lowest BCUT2D eigenvalue weighted by atomic mass is 10.1. The van der Waals surface area contributed by atoms with Crippen LogP contribution in [-0.4, -0.2) is 48.7 Å². The highest BCUT2D eigenvalue weighted by Gasteiger charge is 2.19. The quantitative estimate of drug-likeness (QED) is 0.495. The number of esters is 1. The summed E-state index contributed by atoms with van der Waals surface area (Å²) in [5, 5.41) is 0. The highest BCUT2D eigenvalue weighted by molar-refractivity contribution is 5.96. The largest absolute Gasteiger partial charge is 0.466 e. The molecule has 0 bridgehead atoms. The van der Waals surface area contributed by atoms with Crippen LogP contribution >= 0.6 is 0 Å². The number of piperidine rings is 1. The fourth-order valence-electron chi connectivity index (χ4n) is 1.64. The molecule has 0 aromatic rings. The van der Waals surface area contributed by atoms with Gasteiger partial charge >= 0.3 is 5.97 Å². The van der Waals surface area contributed by atoms with Crippen LogP contribution in [0.15, 0.2) is 0 Å². The first kappa shape index (κ1) is 12.8. The predicted molar refractivity (Wildman–Crippen MR) is 56.9 cm³/mol. The molecular formula is C11H17NO4. The summed E-state index contributed by atoms with van der Waals surface area (Å²) in [5.41, 5.74) is 0. The van der Waals surface area contributed by atoms with E-state index in [0.29, 0.717) is 32.5 Å². The van der Waals surface area contributed by atoms with Gasteiger partial charge in [-0.05, 0) is 6.92 Å². The van der Waals surface area contributed by atoms with Crippen LogP contribution in [0.5, 0.6) is 0 Å². The maximum atomic E-state index is 11.5. The van der Waals surface area contributed by atoms with Crippen LogP contribution in [-0.2, 0) is 19.1 Å². The SMILES string of the molecule is CCOC(=O)CC(=O)CN1CCC(=O)CC1. The van der Waals surface area contributed by atoms with E-state index in [0.717, 1.165) is 0 Å². The van der Waals surface area contributed by atoms with Gasteiger partial charge in [0.1, 0.15) is 12.2 Å². The van der Waals surface area contributed by atoms with Gasteiger partial charge in [-0.3, -0.25) is 19.3 Å². The van der Waals surface area contributed by atoms with Crippen molar-refractivity contribution in [2.45, 2.75) is 26.2 Å². The molecule has 0 aromatic heterocycles. The molecule has 0 N–H and O–H groups in total. The summed E-state index contributed by atoms with van der Waals surface area (Å²) >= 11 is 0. The number of rotatable bonds is 5. The molecule has 1 heterocycles. The van der Waals surface area contributed by atoms with Gasteiger partial charge in [0.05, 0.1) is 13.2 Å².